The number of benzene rings is 1. The smallest absolute Gasteiger partial charge is 0.220 e. The Morgan fingerprint density at radius 3 is 2.79 bits per heavy atom. The van der Waals surface area contributed by atoms with Crippen molar-refractivity contribution in [1.29, 1.82) is 0 Å². The second-order valence-electron chi connectivity index (χ2n) is 5.04. The lowest BCUT2D eigenvalue weighted by Crippen LogP contribution is -2.46. The summed E-state index contributed by atoms with van der Waals surface area (Å²) in [4.78, 5) is 11.8. The molecule has 1 aromatic rings. The molecule has 0 radical (unpaired) electrons. The van der Waals surface area contributed by atoms with Crippen LogP contribution in [0.4, 0.5) is 0 Å². The van der Waals surface area contributed by atoms with Gasteiger partial charge in [-0.2, -0.15) is 0 Å². The minimum Gasteiger partial charge on any atom is -0.359 e. The van der Waals surface area contributed by atoms with Gasteiger partial charge in [-0.05, 0) is 37.1 Å². The van der Waals surface area contributed by atoms with E-state index in [1.165, 1.54) is 0 Å². The lowest BCUT2D eigenvalue weighted by atomic mass is 9.72. The van der Waals surface area contributed by atoms with Crippen molar-refractivity contribution in [2.24, 2.45) is 0 Å². The molecule has 0 bridgehead atoms. The molecule has 1 amide bonds. The van der Waals surface area contributed by atoms with Crippen molar-refractivity contribution in [2.45, 2.75) is 24.7 Å². The fraction of sp³-hybridized carbons (Fsp3) is 0.500. The van der Waals surface area contributed by atoms with E-state index < -0.39 is 0 Å². The summed E-state index contributed by atoms with van der Waals surface area (Å²) in [6.07, 6.45) is 2.50. The van der Waals surface area contributed by atoms with Gasteiger partial charge in [0.2, 0.25) is 5.91 Å². The van der Waals surface area contributed by atoms with Gasteiger partial charge in [-0.25, -0.2) is 0 Å². The molecule has 1 heterocycles. The Kier molecular flexibility index (Phi) is 4.71. The maximum absolute atomic E-state index is 11.8. The van der Waals surface area contributed by atoms with Crippen LogP contribution in [0.2, 0.25) is 10.0 Å². The first-order chi connectivity index (χ1) is 9.07. The minimum absolute atomic E-state index is 0.0507. The molecule has 2 N–H and O–H groups in total. The Labute approximate surface area is 123 Å². The van der Waals surface area contributed by atoms with Crippen LogP contribution < -0.4 is 10.6 Å². The van der Waals surface area contributed by atoms with Gasteiger partial charge in [0, 0.05) is 25.4 Å². The molecule has 3 nitrogen and oxygen atoms in total. The van der Waals surface area contributed by atoms with E-state index in [0.29, 0.717) is 16.5 Å². The highest BCUT2D eigenvalue weighted by Crippen LogP contribution is 2.37. The molecule has 1 aliphatic rings. The van der Waals surface area contributed by atoms with E-state index in [0.717, 1.165) is 31.5 Å². The Bertz CT molecular complexity index is 471. The summed E-state index contributed by atoms with van der Waals surface area (Å²) in [5.74, 6) is 0.0507. The third kappa shape index (κ3) is 3.22. The van der Waals surface area contributed by atoms with Crippen LogP contribution in [0, 0.1) is 0 Å². The summed E-state index contributed by atoms with van der Waals surface area (Å²) in [7, 11) is 1.67. The van der Waals surface area contributed by atoms with Gasteiger partial charge in [-0.1, -0.05) is 29.3 Å². The summed E-state index contributed by atoms with van der Waals surface area (Å²) in [6.45, 7) is 1.79. The van der Waals surface area contributed by atoms with Gasteiger partial charge in [0.05, 0.1) is 10.0 Å². The molecule has 1 aromatic carbocycles. The normalized spacial score (nSPS) is 23.1. The number of carbonyl (C=O) groups excluding carboxylic acids is 1. The van der Waals surface area contributed by atoms with Gasteiger partial charge >= 0.3 is 0 Å². The molecule has 2 rings (SSSR count). The third-order valence-corrected chi connectivity index (χ3v) is 4.52. The van der Waals surface area contributed by atoms with Crippen molar-refractivity contribution >= 4 is 29.1 Å². The fourth-order valence-corrected chi connectivity index (χ4v) is 2.99. The summed E-state index contributed by atoms with van der Waals surface area (Å²) in [6, 6.07) is 5.67. The molecular weight excluding hydrogens is 283 g/mol. The summed E-state index contributed by atoms with van der Waals surface area (Å²) < 4.78 is 0. The molecule has 1 aliphatic heterocycles. The first-order valence-electron chi connectivity index (χ1n) is 6.44. The van der Waals surface area contributed by atoms with Crippen LogP contribution in [-0.2, 0) is 10.2 Å². The monoisotopic (exact) mass is 300 g/mol. The highest BCUT2D eigenvalue weighted by atomic mass is 35.5. The first kappa shape index (κ1) is 14.6. The van der Waals surface area contributed by atoms with Crippen molar-refractivity contribution in [1.82, 2.24) is 10.6 Å². The zero-order valence-electron chi connectivity index (χ0n) is 10.9. The van der Waals surface area contributed by atoms with E-state index in [-0.39, 0.29) is 11.3 Å². The van der Waals surface area contributed by atoms with Gasteiger partial charge in [-0.3, -0.25) is 4.79 Å². The minimum atomic E-state index is -0.188. The maximum Gasteiger partial charge on any atom is 0.220 e. The average Bonchev–Trinajstić information content (AvgIpc) is 2.42. The number of rotatable bonds is 3. The van der Waals surface area contributed by atoms with Crippen LogP contribution in [0.3, 0.4) is 0 Å². The van der Waals surface area contributed by atoms with Gasteiger partial charge in [0.1, 0.15) is 0 Å². The summed E-state index contributed by atoms with van der Waals surface area (Å²) in [5, 5.41) is 7.18. The van der Waals surface area contributed by atoms with Crippen LogP contribution in [0.15, 0.2) is 18.2 Å². The molecular formula is C14H18Cl2N2O. The van der Waals surface area contributed by atoms with Crippen molar-refractivity contribution in [2.75, 3.05) is 20.1 Å². The molecule has 0 saturated carbocycles. The van der Waals surface area contributed by atoms with Crippen molar-refractivity contribution in [3.8, 4) is 0 Å². The van der Waals surface area contributed by atoms with Crippen molar-refractivity contribution in [3.05, 3.63) is 33.8 Å². The van der Waals surface area contributed by atoms with E-state index in [1.54, 1.807) is 13.1 Å². The van der Waals surface area contributed by atoms with Crippen LogP contribution in [0.25, 0.3) is 0 Å². The van der Waals surface area contributed by atoms with Crippen molar-refractivity contribution in [3.63, 3.8) is 0 Å². The highest BCUT2D eigenvalue weighted by molar-refractivity contribution is 6.42. The van der Waals surface area contributed by atoms with Gasteiger partial charge in [0.15, 0.2) is 0 Å². The zero-order chi connectivity index (χ0) is 13.9. The topological polar surface area (TPSA) is 41.1 Å². The lowest BCUT2D eigenvalue weighted by Gasteiger charge is -2.38. The largest absolute Gasteiger partial charge is 0.359 e. The first-order valence-corrected chi connectivity index (χ1v) is 7.20. The lowest BCUT2D eigenvalue weighted by molar-refractivity contribution is -0.122. The Hall–Kier alpha value is -0.770. The second kappa shape index (κ2) is 6.12. The quantitative estimate of drug-likeness (QED) is 0.901. The van der Waals surface area contributed by atoms with Crippen molar-refractivity contribution < 1.29 is 4.79 Å². The highest BCUT2D eigenvalue weighted by Gasteiger charge is 2.36. The van der Waals surface area contributed by atoms with E-state index in [9.17, 15) is 4.79 Å². The molecule has 1 fully saturated rings. The SMILES string of the molecule is CNC(=O)C[C@]1(c2ccc(Cl)c(Cl)c2)CCCNC1. The van der Waals surface area contributed by atoms with Gasteiger partial charge in [0.25, 0.3) is 0 Å². The number of hydrogen-bond donors (Lipinski definition) is 2. The van der Waals surface area contributed by atoms with E-state index in [2.05, 4.69) is 10.6 Å². The number of amides is 1. The maximum atomic E-state index is 11.8. The van der Waals surface area contributed by atoms with E-state index >= 15 is 0 Å². The molecule has 5 heteroatoms. The van der Waals surface area contributed by atoms with Crippen LogP contribution in [-0.4, -0.2) is 26.0 Å². The van der Waals surface area contributed by atoms with E-state index in [1.807, 2.05) is 12.1 Å². The van der Waals surface area contributed by atoms with Crippen LogP contribution >= 0.6 is 23.2 Å². The predicted octanol–water partition coefficient (Wildman–Crippen LogP) is 2.75. The number of piperidine rings is 1. The fourth-order valence-electron chi connectivity index (χ4n) is 2.69. The number of nitrogens with one attached hydrogen (secondary N) is 2. The van der Waals surface area contributed by atoms with Gasteiger partial charge < -0.3 is 10.6 Å². The Balaban J connectivity index is 2.35. The molecule has 0 aromatic heterocycles. The summed E-state index contributed by atoms with van der Waals surface area (Å²) >= 11 is 12.1. The zero-order valence-corrected chi connectivity index (χ0v) is 12.4. The molecule has 19 heavy (non-hydrogen) atoms. The molecule has 104 valence electrons. The molecule has 0 unspecified atom stereocenters. The Morgan fingerprint density at radius 2 is 2.21 bits per heavy atom. The number of hydrogen-bond acceptors (Lipinski definition) is 2. The predicted molar refractivity (Wildman–Crippen MR) is 78.9 cm³/mol. The van der Waals surface area contributed by atoms with Gasteiger partial charge in [-0.15, -0.1) is 0 Å². The summed E-state index contributed by atoms with van der Waals surface area (Å²) in [5.41, 5.74) is 0.893. The molecule has 1 atom stereocenters. The Morgan fingerprint density at radius 1 is 1.42 bits per heavy atom. The second-order valence-corrected chi connectivity index (χ2v) is 5.85. The standard InChI is InChI=1S/C14H18Cl2N2O/c1-17-13(19)8-14(5-2-6-18-9-14)10-3-4-11(15)12(16)7-10/h3-4,7,18H,2,5-6,8-9H2,1H3,(H,17,19)/t14-/m1/s1. The number of carbonyl (C=O) groups is 1. The van der Waals surface area contributed by atoms with Crippen LogP contribution in [0.1, 0.15) is 24.8 Å². The molecule has 1 saturated heterocycles. The molecule has 0 aliphatic carbocycles. The average molecular weight is 301 g/mol. The van der Waals surface area contributed by atoms with E-state index in [4.69, 9.17) is 23.2 Å². The van der Waals surface area contributed by atoms with Crippen LogP contribution in [0.5, 0.6) is 0 Å². The third-order valence-electron chi connectivity index (χ3n) is 3.78. The molecule has 0 spiro atoms. The number of halogens is 2.